The Bertz CT molecular complexity index is 523. The first-order chi connectivity index (χ1) is 8.65. The van der Waals surface area contributed by atoms with Crippen LogP contribution in [0.5, 0.6) is 0 Å². The second-order valence-corrected chi connectivity index (χ2v) is 5.02. The molecule has 0 aliphatic heterocycles. The summed E-state index contributed by atoms with van der Waals surface area (Å²) in [7, 11) is 0. The second-order valence-electron chi connectivity index (χ2n) is 3.76. The van der Waals surface area contributed by atoms with Crippen LogP contribution in [0.4, 0.5) is 4.39 Å². The molecule has 0 aliphatic carbocycles. The molecule has 0 radical (unpaired) electrons. The van der Waals surface area contributed by atoms with E-state index in [9.17, 15) is 4.39 Å². The minimum absolute atomic E-state index is 0.350. The zero-order chi connectivity index (χ0) is 13.1. The average Bonchev–Trinajstić information content (AvgIpc) is 2.74. The summed E-state index contributed by atoms with van der Waals surface area (Å²) in [6.07, 6.45) is 1.55. The zero-order valence-electron chi connectivity index (χ0n) is 9.71. The van der Waals surface area contributed by atoms with Gasteiger partial charge in [-0.1, -0.05) is 24.6 Å². The Kier molecular flexibility index (Phi) is 4.43. The molecule has 0 bridgehead atoms. The molecule has 1 unspecified atom stereocenters. The molecule has 1 aromatic carbocycles. The number of halogens is 3. The number of hydrogen-bond donors (Lipinski definition) is 1. The molecule has 1 atom stereocenters. The van der Waals surface area contributed by atoms with E-state index in [1.165, 1.54) is 6.07 Å². The lowest BCUT2D eigenvalue weighted by Gasteiger charge is -2.18. The van der Waals surface area contributed by atoms with Gasteiger partial charge in [-0.3, -0.25) is 0 Å². The van der Waals surface area contributed by atoms with Gasteiger partial charge in [0.15, 0.2) is 0 Å². The van der Waals surface area contributed by atoms with Crippen molar-refractivity contribution >= 4 is 27.5 Å². The predicted molar refractivity (Wildman–Crippen MR) is 73.3 cm³/mol. The standard InChI is InChI=1S/C13H12BrClFNO/c1-2-17-12(13-8(14)6-7-18-13)11-9(15)4-3-5-10(11)16/h3-7,12,17H,2H2,1H3. The molecule has 2 rings (SSSR count). The van der Waals surface area contributed by atoms with Crippen LogP contribution in [0.1, 0.15) is 24.3 Å². The van der Waals surface area contributed by atoms with Crippen molar-refractivity contribution in [3.63, 3.8) is 0 Å². The molecule has 2 nitrogen and oxygen atoms in total. The first-order valence-corrected chi connectivity index (χ1v) is 6.72. The van der Waals surface area contributed by atoms with Crippen molar-refractivity contribution in [2.24, 2.45) is 0 Å². The van der Waals surface area contributed by atoms with Crippen LogP contribution in [0.15, 0.2) is 39.4 Å². The maximum atomic E-state index is 14.0. The number of benzene rings is 1. The van der Waals surface area contributed by atoms with Crippen LogP contribution >= 0.6 is 27.5 Å². The third-order valence-corrected chi connectivity index (χ3v) is 3.59. The second kappa shape index (κ2) is 5.87. The lowest BCUT2D eigenvalue weighted by Crippen LogP contribution is -2.23. The quantitative estimate of drug-likeness (QED) is 0.889. The fourth-order valence-corrected chi connectivity index (χ4v) is 2.53. The van der Waals surface area contributed by atoms with E-state index in [0.717, 1.165) is 4.47 Å². The zero-order valence-corrected chi connectivity index (χ0v) is 12.1. The van der Waals surface area contributed by atoms with Crippen LogP contribution in [0.25, 0.3) is 0 Å². The average molecular weight is 333 g/mol. The summed E-state index contributed by atoms with van der Waals surface area (Å²) in [6, 6.07) is 6.01. The predicted octanol–water partition coefficient (Wildman–Crippen LogP) is 4.53. The fourth-order valence-electron chi connectivity index (χ4n) is 1.83. The van der Waals surface area contributed by atoms with Gasteiger partial charge in [-0.05, 0) is 40.7 Å². The van der Waals surface area contributed by atoms with Gasteiger partial charge in [-0.25, -0.2) is 4.39 Å². The summed E-state index contributed by atoms with van der Waals surface area (Å²) in [5.41, 5.74) is 0.400. The highest BCUT2D eigenvalue weighted by Crippen LogP contribution is 2.34. The van der Waals surface area contributed by atoms with Crippen molar-refractivity contribution < 1.29 is 8.81 Å². The molecular formula is C13H12BrClFNO. The van der Waals surface area contributed by atoms with E-state index in [4.69, 9.17) is 16.0 Å². The summed E-state index contributed by atoms with van der Waals surface area (Å²) < 4.78 is 20.2. The van der Waals surface area contributed by atoms with Crippen LogP contribution in [0, 0.1) is 5.82 Å². The molecule has 0 spiro atoms. The summed E-state index contributed by atoms with van der Waals surface area (Å²) in [4.78, 5) is 0. The molecule has 2 aromatic rings. The first-order valence-electron chi connectivity index (χ1n) is 5.55. The highest BCUT2D eigenvalue weighted by atomic mass is 79.9. The Morgan fingerprint density at radius 1 is 1.44 bits per heavy atom. The lowest BCUT2D eigenvalue weighted by molar-refractivity contribution is 0.439. The SMILES string of the molecule is CCNC(c1occc1Br)c1c(F)cccc1Cl. The molecule has 1 heterocycles. The van der Waals surface area contributed by atoms with Crippen LogP contribution < -0.4 is 5.32 Å². The monoisotopic (exact) mass is 331 g/mol. The van der Waals surface area contributed by atoms with E-state index in [-0.39, 0.29) is 5.82 Å². The van der Waals surface area contributed by atoms with Gasteiger partial charge in [0.05, 0.1) is 16.8 Å². The van der Waals surface area contributed by atoms with Crippen molar-refractivity contribution in [2.75, 3.05) is 6.54 Å². The van der Waals surface area contributed by atoms with Crippen LogP contribution in [0.3, 0.4) is 0 Å². The Morgan fingerprint density at radius 2 is 2.22 bits per heavy atom. The van der Waals surface area contributed by atoms with Gasteiger partial charge in [0.1, 0.15) is 11.6 Å². The smallest absolute Gasteiger partial charge is 0.139 e. The fraction of sp³-hybridized carbons (Fsp3) is 0.231. The molecule has 5 heteroatoms. The molecule has 1 aromatic heterocycles. The van der Waals surface area contributed by atoms with Crippen molar-refractivity contribution in [2.45, 2.75) is 13.0 Å². The van der Waals surface area contributed by atoms with E-state index in [2.05, 4.69) is 21.2 Å². The molecule has 0 amide bonds. The van der Waals surface area contributed by atoms with E-state index >= 15 is 0 Å². The largest absolute Gasteiger partial charge is 0.466 e. The Morgan fingerprint density at radius 3 is 2.78 bits per heavy atom. The maximum Gasteiger partial charge on any atom is 0.139 e. The summed E-state index contributed by atoms with van der Waals surface area (Å²) in [5, 5.41) is 3.55. The summed E-state index contributed by atoms with van der Waals surface area (Å²) in [6.45, 7) is 2.61. The lowest BCUT2D eigenvalue weighted by atomic mass is 10.0. The minimum atomic E-state index is -0.409. The number of rotatable bonds is 4. The van der Waals surface area contributed by atoms with Crippen LogP contribution in [-0.4, -0.2) is 6.54 Å². The Balaban J connectivity index is 2.52. The van der Waals surface area contributed by atoms with Crippen LogP contribution in [-0.2, 0) is 0 Å². The van der Waals surface area contributed by atoms with Crippen molar-refractivity contribution in [1.29, 1.82) is 0 Å². The van der Waals surface area contributed by atoms with E-state index in [1.54, 1.807) is 24.5 Å². The number of hydrogen-bond acceptors (Lipinski definition) is 2. The van der Waals surface area contributed by atoms with E-state index < -0.39 is 6.04 Å². The first kappa shape index (κ1) is 13.6. The molecule has 1 N–H and O–H groups in total. The number of furan rings is 1. The molecule has 0 fully saturated rings. The topological polar surface area (TPSA) is 25.2 Å². The van der Waals surface area contributed by atoms with E-state index in [0.29, 0.717) is 22.9 Å². The Hall–Kier alpha value is -0.840. The van der Waals surface area contributed by atoms with Gasteiger partial charge in [0, 0.05) is 10.6 Å². The van der Waals surface area contributed by atoms with Gasteiger partial charge in [-0.2, -0.15) is 0 Å². The van der Waals surface area contributed by atoms with Gasteiger partial charge >= 0.3 is 0 Å². The van der Waals surface area contributed by atoms with E-state index in [1.807, 2.05) is 6.92 Å². The Labute approximate surface area is 118 Å². The normalized spacial score (nSPS) is 12.7. The van der Waals surface area contributed by atoms with Gasteiger partial charge in [-0.15, -0.1) is 0 Å². The number of nitrogens with one attached hydrogen (secondary N) is 1. The maximum absolute atomic E-state index is 14.0. The molecule has 18 heavy (non-hydrogen) atoms. The van der Waals surface area contributed by atoms with Crippen LogP contribution in [0.2, 0.25) is 5.02 Å². The van der Waals surface area contributed by atoms with Gasteiger partial charge < -0.3 is 9.73 Å². The molecule has 96 valence electrons. The molecule has 0 aliphatic rings. The third-order valence-electron chi connectivity index (χ3n) is 2.60. The highest BCUT2D eigenvalue weighted by molar-refractivity contribution is 9.10. The minimum Gasteiger partial charge on any atom is -0.466 e. The summed E-state index contributed by atoms with van der Waals surface area (Å²) in [5.74, 6) is 0.264. The molecular weight excluding hydrogens is 321 g/mol. The molecule has 0 saturated carbocycles. The van der Waals surface area contributed by atoms with Crippen molar-refractivity contribution in [3.05, 3.63) is 57.2 Å². The highest BCUT2D eigenvalue weighted by Gasteiger charge is 2.24. The third kappa shape index (κ3) is 2.60. The van der Waals surface area contributed by atoms with Crippen molar-refractivity contribution in [3.8, 4) is 0 Å². The van der Waals surface area contributed by atoms with Gasteiger partial charge in [0.25, 0.3) is 0 Å². The van der Waals surface area contributed by atoms with Gasteiger partial charge in [0.2, 0.25) is 0 Å². The molecule has 0 saturated heterocycles. The van der Waals surface area contributed by atoms with Crippen molar-refractivity contribution in [1.82, 2.24) is 5.32 Å². The summed E-state index contributed by atoms with van der Waals surface area (Å²) >= 11 is 9.48.